The molecule has 0 fully saturated rings. The Kier molecular flexibility index (Phi) is 4.15. The first-order valence-corrected chi connectivity index (χ1v) is 8.36. The molecule has 0 aliphatic carbocycles. The number of amides is 1. The van der Waals surface area contributed by atoms with Gasteiger partial charge >= 0.3 is 5.91 Å². The lowest BCUT2D eigenvalue weighted by Crippen LogP contribution is -2.41. The molecule has 0 saturated heterocycles. The fourth-order valence-corrected chi connectivity index (χ4v) is 3.13. The van der Waals surface area contributed by atoms with Crippen molar-refractivity contribution < 1.29 is 9.21 Å². The molecule has 1 aliphatic rings. The van der Waals surface area contributed by atoms with Crippen molar-refractivity contribution in [2.24, 2.45) is 10.5 Å². The summed E-state index contributed by atoms with van der Waals surface area (Å²) in [6.45, 7) is 6.37. The highest BCUT2D eigenvalue weighted by molar-refractivity contribution is 9.10. The van der Waals surface area contributed by atoms with Crippen LogP contribution >= 0.6 is 15.9 Å². The van der Waals surface area contributed by atoms with Gasteiger partial charge in [-0.15, -0.1) is 0 Å². The van der Waals surface area contributed by atoms with E-state index in [1.807, 2.05) is 24.3 Å². The Morgan fingerprint density at radius 3 is 2.70 bits per heavy atom. The first-order chi connectivity index (χ1) is 10.9. The van der Waals surface area contributed by atoms with Gasteiger partial charge in [-0.3, -0.25) is 4.79 Å². The van der Waals surface area contributed by atoms with Crippen LogP contribution in [0.2, 0.25) is 0 Å². The molecule has 4 nitrogen and oxygen atoms in total. The van der Waals surface area contributed by atoms with Crippen molar-refractivity contribution >= 4 is 27.5 Å². The summed E-state index contributed by atoms with van der Waals surface area (Å²) >= 11 is 3.49. The molecule has 2 heterocycles. The van der Waals surface area contributed by atoms with E-state index in [2.05, 4.69) is 41.8 Å². The van der Waals surface area contributed by atoms with Crippen molar-refractivity contribution in [1.82, 2.24) is 5.01 Å². The number of rotatable bonds is 2. The zero-order valence-electron chi connectivity index (χ0n) is 13.4. The van der Waals surface area contributed by atoms with Gasteiger partial charge in [0, 0.05) is 10.9 Å². The summed E-state index contributed by atoms with van der Waals surface area (Å²) in [5.41, 5.74) is 1.87. The zero-order valence-corrected chi connectivity index (χ0v) is 15.0. The number of hydrazone groups is 1. The standard InChI is InChI=1S/C18H19BrN2O2/c1-18(2,3)16-11-14(12-6-4-7-13(19)10-12)20-21(16)17(22)15-8-5-9-23-15/h4-10,16H,11H2,1-3H3/t16-/m0/s1. The van der Waals surface area contributed by atoms with Gasteiger partial charge in [0.05, 0.1) is 18.0 Å². The van der Waals surface area contributed by atoms with Crippen LogP contribution in [-0.4, -0.2) is 22.7 Å². The van der Waals surface area contributed by atoms with Gasteiger partial charge in [-0.2, -0.15) is 5.10 Å². The molecule has 0 bridgehead atoms. The molecular weight excluding hydrogens is 356 g/mol. The molecular formula is C18H19BrN2O2. The van der Waals surface area contributed by atoms with Crippen molar-refractivity contribution in [3.8, 4) is 0 Å². The van der Waals surface area contributed by atoms with E-state index < -0.39 is 0 Å². The van der Waals surface area contributed by atoms with Crippen molar-refractivity contribution in [3.63, 3.8) is 0 Å². The zero-order chi connectivity index (χ0) is 16.6. The van der Waals surface area contributed by atoms with Gasteiger partial charge in [-0.25, -0.2) is 5.01 Å². The normalized spacial score (nSPS) is 18.2. The van der Waals surface area contributed by atoms with Gasteiger partial charge in [0.2, 0.25) is 0 Å². The number of nitrogens with zero attached hydrogens (tertiary/aromatic N) is 2. The topological polar surface area (TPSA) is 45.8 Å². The molecule has 2 aromatic rings. The van der Waals surface area contributed by atoms with E-state index in [1.54, 1.807) is 17.1 Å². The van der Waals surface area contributed by atoms with E-state index in [0.29, 0.717) is 5.76 Å². The smallest absolute Gasteiger partial charge is 0.309 e. The predicted octanol–water partition coefficient (Wildman–Crippen LogP) is 4.71. The Hall–Kier alpha value is -1.88. The van der Waals surface area contributed by atoms with E-state index in [9.17, 15) is 4.79 Å². The van der Waals surface area contributed by atoms with Crippen molar-refractivity contribution in [2.75, 3.05) is 0 Å². The maximum absolute atomic E-state index is 12.7. The summed E-state index contributed by atoms with van der Waals surface area (Å²) in [6.07, 6.45) is 2.24. The van der Waals surface area contributed by atoms with Crippen LogP contribution in [0.25, 0.3) is 0 Å². The number of halogens is 1. The highest BCUT2D eigenvalue weighted by Gasteiger charge is 2.40. The average Bonchev–Trinajstić information content (AvgIpc) is 3.16. The van der Waals surface area contributed by atoms with Gasteiger partial charge in [-0.05, 0) is 35.2 Å². The van der Waals surface area contributed by atoms with Crippen molar-refractivity contribution in [1.29, 1.82) is 0 Å². The maximum Gasteiger partial charge on any atom is 0.309 e. The molecule has 1 aromatic carbocycles. The van der Waals surface area contributed by atoms with Gasteiger partial charge in [0.15, 0.2) is 5.76 Å². The van der Waals surface area contributed by atoms with Crippen LogP contribution in [0.4, 0.5) is 0 Å². The second kappa shape index (κ2) is 5.96. The molecule has 0 unspecified atom stereocenters. The minimum absolute atomic E-state index is 0.00548. The molecule has 5 heteroatoms. The van der Waals surface area contributed by atoms with Crippen molar-refractivity contribution in [3.05, 3.63) is 58.5 Å². The molecule has 0 saturated carbocycles. The monoisotopic (exact) mass is 374 g/mol. The van der Waals surface area contributed by atoms with E-state index >= 15 is 0 Å². The average molecular weight is 375 g/mol. The number of carbonyl (C=O) groups is 1. The molecule has 1 aromatic heterocycles. The third kappa shape index (κ3) is 3.24. The number of hydrogen-bond acceptors (Lipinski definition) is 3. The number of benzene rings is 1. The minimum atomic E-state index is -0.195. The maximum atomic E-state index is 12.7. The van der Waals surface area contributed by atoms with Gasteiger partial charge in [0.25, 0.3) is 0 Å². The fraction of sp³-hybridized carbons (Fsp3) is 0.333. The molecule has 0 spiro atoms. The minimum Gasteiger partial charge on any atom is -0.459 e. The highest BCUT2D eigenvalue weighted by Crippen LogP contribution is 2.34. The first kappa shape index (κ1) is 16.0. The van der Waals surface area contributed by atoms with Crippen LogP contribution in [0, 0.1) is 5.41 Å². The lowest BCUT2D eigenvalue weighted by molar-refractivity contribution is 0.0552. The molecule has 0 N–H and O–H groups in total. The molecule has 3 rings (SSSR count). The van der Waals surface area contributed by atoms with Crippen LogP contribution in [0.3, 0.4) is 0 Å². The number of carbonyl (C=O) groups excluding carboxylic acids is 1. The first-order valence-electron chi connectivity index (χ1n) is 7.57. The van der Waals surface area contributed by atoms with Gasteiger partial charge < -0.3 is 4.42 Å². The Balaban J connectivity index is 1.97. The lowest BCUT2D eigenvalue weighted by atomic mass is 9.83. The van der Waals surface area contributed by atoms with Crippen LogP contribution < -0.4 is 0 Å². The lowest BCUT2D eigenvalue weighted by Gasteiger charge is -2.32. The molecule has 1 aliphatic heterocycles. The second-order valence-electron chi connectivity index (χ2n) is 6.77. The predicted molar refractivity (Wildman–Crippen MR) is 93.4 cm³/mol. The van der Waals surface area contributed by atoms with E-state index in [0.717, 1.165) is 22.2 Å². The molecule has 23 heavy (non-hydrogen) atoms. The largest absolute Gasteiger partial charge is 0.459 e. The third-order valence-electron chi connectivity index (χ3n) is 4.01. The Labute approximate surface area is 144 Å². The Morgan fingerprint density at radius 1 is 1.30 bits per heavy atom. The molecule has 1 atom stereocenters. The molecule has 0 radical (unpaired) electrons. The Morgan fingerprint density at radius 2 is 2.09 bits per heavy atom. The van der Waals surface area contributed by atoms with Gasteiger partial charge in [0.1, 0.15) is 0 Å². The highest BCUT2D eigenvalue weighted by atomic mass is 79.9. The number of furan rings is 1. The summed E-state index contributed by atoms with van der Waals surface area (Å²) in [6, 6.07) is 11.4. The number of hydrogen-bond donors (Lipinski definition) is 0. The summed E-state index contributed by atoms with van der Waals surface area (Å²) in [7, 11) is 0. The van der Waals surface area contributed by atoms with Crippen LogP contribution in [-0.2, 0) is 0 Å². The van der Waals surface area contributed by atoms with E-state index in [1.165, 1.54) is 6.26 Å². The fourth-order valence-electron chi connectivity index (χ4n) is 2.73. The SMILES string of the molecule is CC(C)(C)[C@@H]1CC(c2cccc(Br)c2)=NN1C(=O)c1ccco1. The second-order valence-corrected chi connectivity index (χ2v) is 7.69. The summed E-state index contributed by atoms with van der Waals surface area (Å²) in [5.74, 6) is 0.124. The van der Waals surface area contributed by atoms with Gasteiger partial charge in [-0.1, -0.05) is 48.8 Å². The Bertz CT molecular complexity index is 745. The van der Waals surface area contributed by atoms with Crippen LogP contribution in [0.15, 0.2) is 56.7 Å². The quantitative estimate of drug-likeness (QED) is 0.763. The van der Waals surface area contributed by atoms with Crippen LogP contribution in [0.5, 0.6) is 0 Å². The summed E-state index contributed by atoms with van der Waals surface area (Å²) in [4.78, 5) is 12.7. The molecule has 120 valence electrons. The third-order valence-corrected chi connectivity index (χ3v) is 4.50. The van der Waals surface area contributed by atoms with Crippen molar-refractivity contribution in [2.45, 2.75) is 33.2 Å². The van der Waals surface area contributed by atoms with Crippen LogP contribution in [0.1, 0.15) is 43.3 Å². The summed E-state index contributed by atoms with van der Waals surface area (Å²) in [5, 5.41) is 6.20. The van der Waals surface area contributed by atoms with E-state index in [-0.39, 0.29) is 17.4 Å². The van der Waals surface area contributed by atoms with E-state index in [4.69, 9.17) is 4.42 Å². The summed E-state index contributed by atoms with van der Waals surface area (Å²) < 4.78 is 6.26. The molecule has 1 amide bonds.